The highest BCUT2D eigenvalue weighted by atomic mass is 16.5. The Balaban J connectivity index is 3.13. The average molecular weight is 108 g/mol. The van der Waals surface area contributed by atoms with Gasteiger partial charge in [0.2, 0.25) is 0 Å². The summed E-state index contributed by atoms with van der Waals surface area (Å²) in [6.45, 7) is 1.44. The van der Waals surface area contributed by atoms with E-state index in [1.54, 1.807) is 0 Å². The van der Waals surface area contributed by atoms with Crippen molar-refractivity contribution in [3.05, 3.63) is 0 Å². The van der Waals surface area contributed by atoms with Gasteiger partial charge in [-0.15, -0.1) is 0 Å². The third-order valence-electron chi connectivity index (χ3n) is 0.470. The lowest BCUT2D eigenvalue weighted by atomic mass is 11.3. The smallest absolute Gasteiger partial charge is 0.305 e. The first-order valence-electron chi connectivity index (χ1n) is 2.03. The van der Waals surface area contributed by atoms with Crippen molar-refractivity contribution in [3.63, 3.8) is 0 Å². The molecule has 3 nitrogen and oxygen atoms in total. The molecule has 0 aliphatic carbocycles. The summed E-state index contributed by atoms with van der Waals surface area (Å²) in [5.41, 5.74) is 0. The second-order valence-corrected chi connectivity index (χ2v) is 1.45. The Hall–Kier alpha value is -0.570. The van der Waals surface area contributed by atoms with Gasteiger partial charge in [-0.25, -0.2) is 0 Å². The fourth-order valence-electron chi connectivity index (χ4n) is 0.253. The summed E-state index contributed by atoms with van der Waals surface area (Å²) < 4.78 is 0. The molecule has 0 bridgehead atoms. The summed E-state index contributed by atoms with van der Waals surface area (Å²) in [5.74, 6) is -0.963. The molecule has 3 heteroatoms. The number of aliphatic hydroxyl groups is 1. The Kier molecular flexibility index (Phi) is 2.37. The molecule has 0 radical (unpaired) electrons. The predicted molar refractivity (Wildman–Crippen MR) is 23.9 cm³/mol. The molecule has 0 heterocycles. The maximum atomic E-state index is 9.65. The van der Waals surface area contributed by atoms with Gasteiger partial charge in [0.05, 0.1) is 12.5 Å². The van der Waals surface area contributed by atoms with E-state index in [0.717, 1.165) is 0 Å². The average Bonchev–Trinajstić information content (AvgIpc) is 1.27. The number of carboxylic acid groups (broad SMARTS) is 1. The van der Waals surface area contributed by atoms with Crippen LogP contribution in [-0.2, 0) is 4.79 Å². The number of aliphatic hydroxyl groups excluding tert-OH is 1. The number of hydrogen-bond acceptors (Lipinski definition) is 2. The van der Waals surface area contributed by atoms with E-state index < -0.39 is 12.1 Å². The van der Waals surface area contributed by atoms with E-state index in [2.05, 4.69) is 0 Å². The molecular weight excluding hydrogens is 100 g/mol. The number of aliphatic carboxylic acids is 1. The minimum Gasteiger partial charge on any atom is -0.481 e. The molecule has 0 amide bonds. The molecule has 1 atom stereocenters. The van der Waals surface area contributed by atoms with Crippen LogP contribution in [0, 0.1) is 0 Å². The Morgan fingerprint density at radius 1 is 1.86 bits per heavy atom. The summed E-state index contributed by atoms with van der Waals surface area (Å²) in [5, 5.41) is 16.3. The zero-order valence-electron chi connectivity index (χ0n) is 4.09. The van der Waals surface area contributed by atoms with E-state index in [9.17, 15) is 4.79 Å². The van der Waals surface area contributed by atoms with Crippen LogP contribution in [0.15, 0.2) is 0 Å². The molecule has 0 aromatic rings. The Morgan fingerprint density at radius 3 is 2.29 bits per heavy atom. The van der Waals surface area contributed by atoms with E-state index in [-0.39, 0.29) is 6.42 Å². The van der Waals surface area contributed by atoms with Crippen molar-refractivity contribution >= 4 is 5.97 Å². The first kappa shape index (κ1) is 6.43. The molecule has 0 aliphatic heterocycles. The SMILES string of the molecule is [13CH3][13CH](O)[13CH2][13C](=O)O. The summed E-state index contributed by atoms with van der Waals surface area (Å²) >= 11 is 0. The third-order valence-corrected chi connectivity index (χ3v) is 0.470. The lowest BCUT2D eigenvalue weighted by molar-refractivity contribution is -0.138. The molecule has 2 N–H and O–H groups in total. The highest BCUT2D eigenvalue weighted by molar-refractivity contribution is 5.67. The maximum Gasteiger partial charge on any atom is 0.305 e. The first-order chi connectivity index (χ1) is 3.13. The van der Waals surface area contributed by atoms with Gasteiger partial charge in [0.15, 0.2) is 0 Å². The molecule has 42 valence electrons. The predicted octanol–water partition coefficient (Wildman–Crippen LogP) is -0.158. The topological polar surface area (TPSA) is 57.5 Å². The van der Waals surface area contributed by atoms with Crippen molar-refractivity contribution in [1.29, 1.82) is 0 Å². The Bertz CT molecular complexity index is 67.3. The standard InChI is InChI=1S/C4H8O3/c1-3(5)2-4(6)7/h3,5H,2H2,1H3,(H,6,7)/i1+1,2+1,3+1,4+1. The Morgan fingerprint density at radius 2 is 2.29 bits per heavy atom. The summed E-state index contributed by atoms with van der Waals surface area (Å²) in [7, 11) is 0. The van der Waals surface area contributed by atoms with E-state index in [1.807, 2.05) is 0 Å². The molecule has 7 heavy (non-hydrogen) atoms. The normalized spacial score (nSPS) is 13.4. The van der Waals surface area contributed by atoms with Gasteiger partial charge in [0.1, 0.15) is 0 Å². The fourth-order valence-corrected chi connectivity index (χ4v) is 0.253. The van der Waals surface area contributed by atoms with Gasteiger partial charge in [-0.05, 0) is 6.92 Å². The van der Waals surface area contributed by atoms with Gasteiger partial charge in [-0.1, -0.05) is 0 Å². The molecule has 0 aromatic heterocycles. The zero-order valence-corrected chi connectivity index (χ0v) is 4.09. The first-order valence-corrected chi connectivity index (χ1v) is 2.03. The van der Waals surface area contributed by atoms with Gasteiger partial charge >= 0.3 is 5.97 Å². The van der Waals surface area contributed by atoms with Crippen molar-refractivity contribution in [2.75, 3.05) is 0 Å². The molecule has 0 spiro atoms. The molecule has 0 fully saturated rings. The second kappa shape index (κ2) is 2.58. The second-order valence-electron chi connectivity index (χ2n) is 1.45. The molecule has 1 unspecified atom stereocenters. The zero-order chi connectivity index (χ0) is 5.86. The number of carbonyl (C=O) groups is 1. The summed E-state index contributed by atoms with van der Waals surface area (Å²) in [6, 6.07) is 0. The van der Waals surface area contributed by atoms with E-state index in [4.69, 9.17) is 10.2 Å². The van der Waals surface area contributed by atoms with Crippen LogP contribution in [0.2, 0.25) is 0 Å². The maximum absolute atomic E-state index is 9.65. The Labute approximate surface area is 41.6 Å². The monoisotopic (exact) mass is 108 g/mol. The van der Waals surface area contributed by atoms with Crippen LogP contribution in [0.1, 0.15) is 13.3 Å². The minimum atomic E-state index is -0.963. The van der Waals surface area contributed by atoms with E-state index >= 15 is 0 Å². The largest absolute Gasteiger partial charge is 0.481 e. The van der Waals surface area contributed by atoms with E-state index in [0.29, 0.717) is 0 Å². The van der Waals surface area contributed by atoms with Crippen LogP contribution in [0.25, 0.3) is 0 Å². The number of hydrogen-bond donors (Lipinski definition) is 2. The molecule has 0 saturated heterocycles. The fraction of sp³-hybridized carbons (Fsp3) is 0.750. The minimum absolute atomic E-state index is 0.167. The van der Waals surface area contributed by atoms with Gasteiger partial charge in [0, 0.05) is 0 Å². The third kappa shape index (κ3) is 5.43. The van der Waals surface area contributed by atoms with Crippen molar-refractivity contribution in [1.82, 2.24) is 0 Å². The van der Waals surface area contributed by atoms with Crippen LogP contribution in [0.3, 0.4) is 0 Å². The summed E-state index contributed by atoms with van der Waals surface area (Å²) in [4.78, 5) is 9.65. The molecule has 0 saturated carbocycles. The molecular formula is C4H8O3. The van der Waals surface area contributed by atoms with Crippen molar-refractivity contribution in [2.24, 2.45) is 0 Å². The lowest BCUT2D eigenvalue weighted by Gasteiger charge is -1.94. The van der Waals surface area contributed by atoms with Gasteiger partial charge in [0.25, 0.3) is 0 Å². The van der Waals surface area contributed by atoms with Crippen LogP contribution in [-0.4, -0.2) is 22.3 Å². The highest BCUT2D eigenvalue weighted by Gasteiger charge is 2.00. The van der Waals surface area contributed by atoms with Crippen molar-refractivity contribution in [2.45, 2.75) is 19.4 Å². The lowest BCUT2D eigenvalue weighted by Crippen LogP contribution is -2.07. The number of carboxylic acids is 1. The van der Waals surface area contributed by atoms with Gasteiger partial charge < -0.3 is 10.2 Å². The number of rotatable bonds is 2. The van der Waals surface area contributed by atoms with Gasteiger partial charge in [-0.2, -0.15) is 0 Å². The molecule has 0 rings (SSSR count). The molecule has 0 aromatic carbocycles. The van der Waals surface area contributed by atoms with Crippen molar-refractivity contribution < 1.29 is 15.0 Å². The van der Waals surface area contributed by atoms with Crippen LogP contribution < -0.4 is 0 Å². The van der Waals surface area contributed by atoms with Crippen LogP contribution >= 0.6 is 0 Å². The van der Waals surface area contributed by atoms with Crippen LogP contribution in [0.4, 0.5) is 0 Å². The quantitative estimate of drug-likeness (QED) is 0.483. The summed E-state index contributed by atoms with van der Waals surface area (Å²) in [6.07, 6.45) is -0.891. The highest BCUT2D eigenvalue weighted by Crippen LogP contribution is 1.85. The van der Waals surface area contributed by atoms with Crippen molar-refractivity contribution in [3.8, 4) is 0 Å². The van der Waals surface area contributed by atoms with E-state index in [1.165, 1.54) is 6.92 Å². The van der Waals surface area contributed by atoms with Gasteiger partial charge in [-0.3, -0.25) is 4.79 Å². The van der Waals surface area contributed by atoms with Crippen LogP contribution in [0.5, 0.6) is 0 Å². The molecule has 0 aliphatic rings.